The Labute approximate surface area is 212 Å². The molecule has 6 rings (SSSR count). The van der Waals surface area contributed by atoms with Gasteiger partial charge in [0.15, 0.2) is 11.5 Å². The maximum atomic E-state index is 13.4. The van der Waals surface area contributed by atoms with Gasteiger partial charge >= 0.3 is 0 Å². The Morgan fingerprint density at radius 3 is 2.72 bits per heavy atom. The van der Waals surface area contributed by atoms with Gasteiger partial charge in [0.05, 0.1) is 5.92 Å². The minimum absolute atomic E-state index is 0.0210. The van der Waals surface area contributed by atoms with Crippen LogP contribution in [-0.4, -0.2) is 73.9 Å². The third kappa shape index (κ3) is 5.69. The van der Waals surface area contributed by atoms with Crippen LogP contribution in [0, 0.1) is 5.92 Å². The molecular formula is C28H36N4O4. The number of nitrogens with zero attached hydrogens (tertiary/aromatic N) is 3. The number of fused-ring (bicyclic) bond motifs is 1. The van der Waals surface area contributed by atoms with Gasteiger partial charge in [-0.1, -0.05) is 6.07 Å². The maximum absolute atomic E-state index is 13.4. The van der Waals surface area contributed by atoms with Gasteiger partial charge in [0.1, 0.15) is 19.3 Å². The van der Waals surface area contributed by atoms with Crippen molar-refractivity contribution in [3.05, 3.63) is 42.1 Å². The standard InChI is InChI=1S/C28H36N4O4/c33-28(21-8-12-32(18-21)23-7-9-29-27(17-23)36-24-4-5-24)30-22(19-31-10-1-2-11-31)15-20-3-6-25-26(16-20)35-14-13-34-25/h3,6-7,9,16-17,21-22,24H,1-2,4-5,8,10-15,18-19H2,(H,30,33). The highest BCUT2D eigenvalue weighted by atomic mass is 16.6. The molecule has 8 nitrogen and oxygen atoms in total. The summed E-state index contributed by atoms with van der Waals surface area (Å²) in [7, 11) is 0. The van der Waals surface area contributed by atoms with E-state index >= 15 is 0 Å². The lowest BCUT2D eigenvalue weighted by Crippen LogP contribution is -2.46. The Morgan fingerprint density at radius 2 is 1.89 bits per heavy atom. The number of carbonyl (C=O) groups excluding carboxylic acids is 1. The van der Waals surface area contributed by atoms with Crippen molar-refractivity contribution >= 4 is 11.6 Å². The second-order valence-electron chi connectivity index (χ2n) is 10.5. The number of hydrogen-bond acceptors (Lipinski definition) is 7. The largest absolute Gasteiger partial charge is 0.486 e. The molecule has 2 aromatic rings. The number of rotatable bonds is 9. The van der Waals surface area contributed by atoms with E-state index < -0.39 is 0 Å². The van der Waals surface area contributed by atoms with Gasteiger partial charge < -0.3 is 29.3 Å². The lowest BCUT2D eigenvalue weighted by molar-refractivity contribution is -0.125. The average Bonchev–Trinajstić information content (AvgIpc) is 3.33. The van der Waals surface area contributed by atoms with E-state index in [1.165, 1.54) is 12.8 Å². The average molecular weight is 493 g/mol. The molecule has 1 N–H and O–H groups in total. The first kappa shape index (κ1) is 23.4. The van der Waals surface area contributed by atoms with E-state index in [9.17, 15) is 4.79 Å². The van der Waals surface area contributed by atoms with E-state index in [0.29, 0.717) is 25.2 Å². The highest BCUT2D eigenvalue weighted by Gasteiger charge is 2.31. The fourth-order valence-corrected chi connectivity index (χ4v) is 5.48. The van der Waals surface area contributed by atoms with Crippen LogP contribution in [0.2, 0.25) is 0 Å². The summed E-state index contributed by atoms with van der Waals surface area (Å²) in [6.45, 7) is 5.85. The van der Waals surface area contributed by atoms with Crippen molar-refractivity contribution < 1.29 is 19.0 Å². The first-order chi connectivity index (χ1) is 17.7. The number of pyridine rings is 1. The second kappa shape index (κ2) is 10.5. The molecule has 3 aliphatic heterocycles. The zero-order valence-corrected chi connectivity index (χ0v) is 20.9. The Kier molecular flexibility index (Phi) is 6.86. The summed E-state index contributed by atoms with van der Waals surface area (Å²) in [6.07, 6.45) is 8.47. The molecule has 2 atom stereocenters. The third-order valence-electron chi connectivity index (χ3n) is 7.57. The van der Waals surface area contributed by atoms with Gasteiger partial charge in [0, 0.05) is 43.6 Å². The van der Waals surface area contributed by atoms with Gasteiger partial charge in [-0.2, -0.15) is 0 Å². The van der Waals surface area contributed by atoms with Crippen LogP contribution in [0.25, 0.3) is 0 Å². The summed E-state index contributed by atoms with van der Waals surface area (Å²) in [5, 5.41) is 3.42. The molecule has 2 saturated heterocycles. The molecule has 1 aromatic carbocycles. The third-order valence-corrected chi connectivity index (χ3v) is 7.57. The Morgan fingerprint density at radius 1 is 1.06 bits per heavy atom. The van der Waals surface area contributed by atoms with Crippen molar-refractivity contribution in [2.24, 2.45) is 5.92 Å². The summed E-state index contributed by atoms with van der Waals surface area (Å²) in [5.74, 6) is 2.43. The molecule has 1 aliphatic carbocycles. The fraction of sp³-hybridized carbons (Fsp3) is 0.571. The van der Waals surface area contributed by atoms with Crippen molar-refractivity contribution in [3.63, 3.8) is 0 Å². The smallest absolute Gasteiger partial charge is 0.225 e. The molecule has 1 aromatic heterocycles. The molecule has 0 bridgehead atoms. The van der Waals surface area contributed by atoms with E-state index in [0.717, 1.165) is 81.2 Å². The number of anilines is 1. The molecule has 1 saturated carbocycles. The van der Waals surface area contributed by atoms with Gasteiger partial charge in [-0.25, -0.2) is 4.98 Å². The molecule has 4 heterocycles. The normalized spacial score (nSPS) is 22.4. The first-order valence-electron chi connectivity index (χ1n) is 13.5. The van der Waals surface area contributed by atoms with Gasteiger partial charge in [0.25, 0.3) is 0 Å². The van der Waals surface area contributed by atoms with Crippen molar-refractivity contribution in [1.29, 1.82) is 0 Å². The topological polar surface area (TPSA) is 76.2 Å². The first-order valence-corrected chi connectivity index (χ1v) is 13.5. The lowest BCUT2D eigenvalue weighted by Gasteiger charge is -2.27. The van der Waals surface area contributed by atoms with Crippen LogP contribution in [-0.2, 0) is 11.2 Å². The lowest BCUT2D eigenvalue weighted by atomic mass is 10.0. The van der Waals surface area contributed by atoms with E-state index in [1.807, 2.05) is 18.2 Å². The van der Waals surface area contributed by atoms with Gasteiger partial charge in [-0.05, 0) is 75.4 Å². The maximum Gasteiger partial charge on any atom is 0.225 e. The number of aromatic nitrogens is 1. The Bertz CT molecular complexity index is 1070. The Hall–Kier alpha value is -3.00. The molecule has 0 radical (unpaired) electrons. The van der Waals surface area contributed by atoms with Crippen molar-refractivity contribution in [2.45, 2.75) is 50.7 Å². The van der Waals surface area contributed by atoms with Crippen LogP contribution in [0.15, 0.2) is 36.5 Å². The van der Waals surface area contributed by atoms with Crippen LogP contribution in [0.1, 0.15) is 37.7 Å². The zero-order valence-electron chi connectivity index (χ0n) is 20.9. The van der Waals surface area contributed by atoms with Gasteiger partial charge in [0.2, 0.25) is 11.8 Å². The monoisotopic (exact) mass is 492 g/mol. The van der Waals surface area contributed by atoms with Crippen LogP contribution in [0.3, 0.4) is 0 Å². The van der Waals surface area contributed by atoms with E-state index in [4.69, 9.17) is 14.2 Å². The number of carbonyl (C=O) groups is 1. The second-order valence-corrected chi connectivity index (χ2v) is 10.5. The van der Waals surface area contributed by atoms with Gasteiger partial charge in [-0.15, -0.1) is 0 Å². The summed E-state index contributed by atoms with van der Waals surface area (Å²) < 4.78 is 17.3. The molecule has 8 heteroatoms. The molecule has 0 spiro atoms. The van der Waals surface area contributed by atoms with E-state index in [-0.39, 0.29) is 17.9 Å². The van der Waals surface area contributed by atoms with E-state index in [2.05, 4.69) is 32.2 Å². The SMILES string of the molecule is O=C(NC(Cc1ccc2c(c1)OCCO2)CN1CCCC1)C1CCN(c2ccnc(OC3CC3)c2)C1. The van der Waals surface area contributed by atoms with Crippen LogP contribution in [0.4, 0.5) is 5.69 Å². The predicted molar refractivity (Wildman–Crippen MR) is 137 cm³/mol. The van der Waals surface area contributed by atoms with E-state index in [1.54, 1.807) is 6.20 Å². The number of ether oxygens (including phenoxy) is 3. The molecule has 192 valence electrons. The minimum Gasteiger partial charge on any atom is -0.486 e. The number of benzene rings is 1. The van der Waals surface area contributed by atoms with Crippen LogP contribution >= 0.6 is 0 Å². The number of hydrogen-bond donors (Lipinski definition) is 1. The van der Waals surface area contributed by atoms with Gasteiger partial charge in [-0.3, -0.25) is 4.79 Å². The Balaban J connectivity index is 1.09. The number of nitrogens with one attached hydrogen (secondary N) is 1. The van der Waals surface area contributed by atoms with Crippen LogP contribution < -0.4 is 24.4 Å². The molecule has 4 aliphatic rings. The fourth-order valence-electron chi connectivity index (χ4n) is 5.48. The number of likely N-dealkylation sites (tertiary alicyclic amines) is 1. The highest BCUT2D eigenvalue weighted by Crippen LogP contribution is 2.32. The molecule has 36 heavy (non-hydrogen) atoms. The molecular weight excluding hydrogens is 456 g/mol. The summed E-state index contributed by atoms with van der Waals surface area (Å²) in [5.41, 5.74) is 2.25. The zero-order chi connectivity index (χ0) is 24.3. The highest BCUT2D eigenvalue weighted by molar-refractivity contribution is 5.80. The molecule has 1 amide bonds. The molecule has 3 fully saturated rings. The van der Waals surface area contributed by atoms with Crippen LogP contribution in [0.5, 0.6) is 17.4 Å². The predicted octanol–water partition coefficient (Wildman–Crippen LogP) is 3.04. The summed E-state index contributed by atoms with van der Waals surface area (Å²) in [4.78, 5) is 22.5. The van der Waals surface area contributed by atoms with Crippen molar-refractivity contribution in [3.8, 4) is 17.4 Å². The van der Waals surface area contributed by atoms with Crippen molar-refractivity contribution in [1.82, 2.24) is 15.2 Å². The summed E-state index contributed by atoms with van der Waals surface area (Å²) in [6, 6.07) is 10.2. The summed E-state index contributed by atoms with van der Waals surface area (Å²) >= 11 is 0. The van der Waals surface area contributed by atoms with Crippen molar-refractivity contribution in [2.75, 3.05) is 50.8 Å². The molecule has 2 unspecified atom stereocenters. The quantitative estimate of drug-likeness (QED) is 0.577. The minimum atomic E-state index is -0.0210. The number of amides is 1.